The van der Waals surface area contributed by atoms with E-state index in [4.69, 9.17) is 22.1 Å². The third kappa shape index (κ3) is 2.83. The summed E-state index contributed by atoms with van der Waals surface area (Å²) in [6.45, 7) is 0.639. The van der Waals surface area contributed by atoms with Gasteiger partial charge in [-0.3, -0.25) is 4.79 Å². The van der Waals surface area contributed by atoms with Gasteiger partial charge in [-0.2, -0.15) is 0 Å². The molecule has 1 amide bonds. The van der Waals surface area contributed by atoms with Crippen LogP contribution in [0.4, 0.5) is 10.1 Å². The highest BCUT2D eigenvalue weighted by Crippen LogP contribution is 2.32. The van der Waals surface area contributed by atoms with Crippen molar-refractivity contribution in [3.05, 3.63) is 27.4 Å². The Balaban J connectivity index is 2.17. The van der Waals surface area contributed by atoms with Crippen molar-refractivity contribution in [1.82, 2.24) is 0 Å². The van der Waals surface area contributed by atoms with E-state index in [1.54, 1.807) is 0 Å². The number of carbonyl (C=O) groups excluding carboxylic acids is 1. The van der Waals surface area contributed by atoms with E-state index in [1.165, 1.54) is 6.07 Å². The van der Waals surface area contributed by atoms with Gasteiger partial charge in [-0.1, -0.05) is 11.6 Å². The van der Waals surface area contributed by atoms with Gasteiger partial charge in [-0.25, -0.2) is 4.39 Å². The lowest BCUT2D eigenvalue weighted by atomic mass is 10.0. The van der Waals surface area contributed by atoms with Gasteiger partial charge in [0.25, 0.3) is 0 Å². The molecule has 3 N–H and O–H groups in total. The summed E-state index contributed by atoms with van der Waals surface area (Å²) < 4.78 is 18.5. The Bertz CT molecular complexity index is 463. The summed E-state index contributed by atoms with van der Waals surface area (Å²) in [5.41, 5.74) is 6.08. The number of carbonyl (C=O) groups is 1. The van der Waals surface area contributed by atoms with Crippen molar-refractivity contribution in [3.8, 4) is 0 Å². The van der Waals surface area contributed by atoms with Gasteiger partial charge in [0.15, 0.2) is 0 Å². The first kappa shape index (κ1) is 13.7. The second-order valence-corrected chi connectivity index (χ2v) is 5.30. The first-order chi connectivity index (χ1) is 8.49. The van der Waals surface area contributed by atoms with E-state index < -0.39 is 11.7 Å². The van der Waals surface area contributed by atoms with Crippen molar-refractivity contribution < 1.29 is 13.9 Å². The van der Waals surface area contributed by atoms with Crippen LogP contribution in [0.15, 0.2) is 16.6 Å². The lowest BCUT2D eigenvalue weighted by molar-refractivity contribution is -0.120. The number of benzene rings is 1. The largest absolute Gasteiger partial charge is 0.379 e. The highest BCUT2D eigenvalue weighted by molar-refractivity contribution is 9.10. The van der Waals surface area contributed by atoms with Gasteiger partial charge in [-0.15, -0.1) is 0 Å². The Hall–Kier alpha value is -0.690. The topological polar surface area (TPSA) is 64.3 Å². The number of anilines is 1. The summed E-state index contributed by atoms with van der Waals surface area (Å²) in [6.07, 6.45) is 0. The van der Waals surface area contributed by atoms with E-state index >= 15 is 0 Å². The molecule has 1 saturated heterocycles. The van der Waals surface area contributed by atoms with Crippen LogP contribution >= 0.6 is 27.5 Å². The zero-order chi connectivity index (χ0) is 13.3. The van der Waals surface area contributed by atoms with Gasteiger partial charge in [0.2, 0.25) is 5.91 Å². The van der Waals surface area contributed by atoms with Crippen molar-refractivity contribution >= 4 is 39.1 Å². The molecular formula is C11H11BrClFN2O2. The summed E-state index contributed by atoms with van der Waals surface area (Å²) in [5.74, 6) is -1.18. The summed E-state index contributed by atoms with van der Waals surface area (Å²) in [6, 6.07) is 2.03. The normalized spacial score (nSPS) is 23.1. The third-order valence-corrected chi connectivity index (χ3v) is 3.64. The molecule has 18 heavy (non-hydrogen) atoms. The molecule has 2 atom stereocenters. The summed E-state index contributed by atoms with van der Waals surface area (Å²) in [5, 5.41) is 2.76. The molecule has 0 bridgehead atoms. The van der Waals surface area contributed by atoms with Gasteiger partial charge < -0.3 is 15.8 Å². The molecule has 98 valence electrons. The fourth-order valence-corrected chi connectivity index (χ4v) is 2.62. The van der Waals surface area contributed by atoms with Gasteiger partial charge in [0, 0.05) is 10.5 Å². The second-order valence-electron chi connectivity index (χ2n) is 4.04. The lowest BCUT2D eigenvalue weighted by Gasteiger charge is -2.15. The zero-order valence-electron chi connectivity index (χ0n) is 9.25. The maximum atomic E-state index is 13.0. The summed E-state index contributed by atoms with van der Waals surface area (Å²) >= 11 is 9.02. The molecule has 4 nitrogen and oxygen atoms in total. The first-order valence-corrected chi connectivity index (χ1v) is 6.45. The molecule has 2 unspecified atom stereocenters. The Kier molecular flexibility index (Phi) is 4.21. The number of hydrogen-bond acceptors (Lipinski definition) is 3. The third-order valence-electron chi connectivity index (χ3n) is 2.72. The zero-order valence-corrected chi connectivity index (χ0v) is 11.6. The van der Waals surface area contributed by atoms with E-state index in [1.807, 2.05) is 0 Å². The van der Waals surface area contributed by atoms with E-state index in [9.17, 15) is 9.18 Å². The van der Waals surface area contributed by atoms with Crippen LogP contribution in [0.5, 0.6) is 0 Å². The monoisotopic (exact) mass is 336 g/mol. The van der Waals surface area contributed by atoms with E-state index in [0.29, 0.717) is 16.8 Å². The Morgan fingerprint density at radius 1 is 1.56 bits per heavy atom. The molecule has 0 spiro atoms. The van der Waals surface area contributed by atoms with E-state index in [2.05, 4.69) is 21.2 Å². The molecule has 1 heterocycles. The summed E-state index contributed by atoms with van der Waals surface area (Å²) in [7, 11) is 0. The minimum atomic E-state index is -0.481. The summed E-state index contributed by atoms with van der Waals surface area (Å²) in [4.78, 5) is 12.0. The standard InChI is InChI=1S/C11H11BrClFN2O2/c12-7-1-5(14)2-8(13)10(7)16-11(17)6-3-18-4-9(6)15/h1-2,6,9H,3-4,15H2,(H,16,17). The average Bonchev–Trinajstić information content (AvgIpc) is 2.69. The van der Waals surface area contributed by atoms with Crippen LogP contribution in [0.1, 0.15) is 0 Å². The van der Waals surface area contributed by atoms with Crippen molar-refractivity contribution in [3.63, 3.8) is 0 Å². The number of amides is 1. The molecule has 1 aliphatic heterocycles. The van der Waals surface area contributed by atoms with Gasteiger partial charge in [-0.05, 0) is 28.1 Å². The minimum absolute atomic E-state index is 0.128. The van der Waals surface area contributed by atoms with E-state index in [-0.39, 0.29) is 23.6 Å². The molecule has 1 aliphatic rings. The van der Waals surface area contributed by atoms with Crippen LogP contribution in [0.3, 0.4) is 0 Å². The fraction of sp³-hybridized carbons (Fsp3) is 0.364. The molecule has 2 rings (SSSR count). The maximum absolute atomic E-state index is 13.0. The van der Waals surface area contributed by atoms with Crippen LogP contribution in [-0.4, -0.2) is 25.2 Å². The molecule has 7 heteroatoms. The van der Waals surface area contributed by atoms with Crippen molar-refractivity contribution in [2.45, 2.75) is 6.04 Å². The number of nitrogens with two attached hydrogens (primary N) is 1. The smallest absolute Gasteiger partial charge is 0.231 e. The number of rotatable bonds is 2. The average molecular weight is 338 g/mol. The molecule has 0 aromatic heterocycles. The van der Waals surface area contributed by atoms with Crippen molar-refractivity contribution in [2.75, 3.05) is 18.5 Å². The second kappa shape index (κ2) is 5.52. The predicted octanol–water partition coefficient (Wildman–Crippen LogP) is 2.15. The van der Waals surface area contributed by atoms with Crippen LogP contribution < -0.4 is 11.1 Å². The number of halogens is 3. The van der Waals surface area contributed by atoms with Gasteiger partial charge in [0.05, 0.1) is 29.8 Å². The fourth-order valence-electron chi connectivity index (χ4n) is 1.72. The minimum Gasteiger partial charge on any atom is -0.379 e. The van der Waals surface area contributed by atoms with E-state index in [0.717, 1.165) is 6.07 Å². The number of hydrogen-bond donors (Lipinski definition) is 2. The Morgan fingerprint density at radius 3 is 2.83 bits per heavy atom. The lowest BCUT2D eigenvalue weighted by Crippen LogP contribution is -2.37. The molecule has 0 radical (unpaired) electrons. The predicted molar refractivity (Wildman–Crippen MR) is 70.0 cm³/mol. The highest BCUT2D eigenvalue weighted by Gasteiger charge is 2.31. The number of ether oxygens (including phenoxy) is 1. The first-order valence-electron chi connectivity index (χ1n) is 5.27. The van der Waals surface area contributed by atoms with Crippen LogP contribution in [0.2, 0.25) is 5.02 Å². The Labute approximate surface area is 117 Å². The quantitative estimate of drug-likeness (QED) is 0.869. The molecule has 1 aromatic rings. The van der Waals surface area contributed by atoms with Gasteiger partial charge in [0.1, 0.15) is 5.82 Å². The SMILES string of the molecule is NC1COCC1C(=O)Nc1c(Cl)cc(F)cc1Br. The van der Waals surface area contributed by atoms with Crippen LogP contribution in [-0.2, 0) is 9.53 Å². The molecule has 0 aliphatic carbocycles. The van der Waals surface area contributed by atoms with Crippen LogP contribution in [0, 0.1) is 11.7 Å². The molecule has 0 saturated carbocycles. The Morgan fingerprint density at radius 2 is 2.28 bits per heavy atom. The van der Waals surface area contributed by atoms with Gasteiger partial charge >= 0.3 is 0 Å². The van der Waals surface area contributed by atoms with Crippen molar-refractivity contribution in [1.29, 1.82) is 0 Å². The molecule has 1 fully saturated rings. The van der Waals surface area contributed by atoms with Crippen molar-refractivity contribution in [2.24, 2.45) is 11.7 Å². The molecular weight excluding hydrogens is 326 g/mol. The molecule has 1 aromatic carbocycles. The highest BCUT2D eigenvalue weighted by atomic mass is 79.9. The maximum Gasteiger partial charge on any atom is 0.231 e. The van der Waals surface area contributed by atoms with Crippen LogP contribution in [0.25, 0.3) is 0 Å². The number of nitrogens with one attached hydrogen (secondary N) is 1.